The summed E-state index contributed by atoms with van der Waals surface area (Å²) >= 11 is 0. The number of nitrogens with zero attached hydrogens (tertiary/aromatic N) is 1. The molecule has 6 heteroatoms. The Morgan fingerprint density at radius 1 is 0.974 bits per heavy atom. The van der Waals surface area contributed by atoms with Crippen LogP contribution in [0.3, 0.4) is 0 Å². The molecule has 0 unspecified atom stereocenters. The van der Waals surface area contributed by atoms with Gasteiger partial charge < -0.3 is 20.1 Å². The number of para-hydroxylation sites is 1. The van der Waals surface area contributed by atoms with Crippen LogP contribution in [0.1, 0.15) is 81.5 Å². The maximum atomic E-state index is 12.1. The van der Waals surface area contributed by atoms with Gasteiger partial charge in [0.05, 0.1) is 19.2 Å². The Hall–Kier alpha value is -3.28. The van der Waals surface area contributed by atoms with Gasteiger partial charge in [0.1, 0.15) is 0 Å². The molecule has 2 aromatic carbocycles. The van der Waals surface area contributed by atoms with Crippen molar-refractivity contribution in [3.05, 3.63) is 59.3 Å². The van der Waals surface area contributed by atoms with E-state index in [1.165, 1.54) is 48.0 Å². The molecule has 2 N–H and O–H groups in total. The van der Waals surface area contributed by atoms with Gasteiger partial charge in [0.15, 0.2) is 11.5 Å². The lowest BCUT2D eigenvalue weighted by molar-refractivity contribution is -0.121. The van der Waals surface area contributed by atoms with Crippen molar-refractivity contribution < 1.29 is 14.3 Å². The number of hydrogen-bond acceptors (Lipinski definition) is 5. The fourth-order valence-corrected chi connectivity index (χ4v) is 5.14. The van der Waals surface area contributed by atoms with E-state index in [4.69, 9.17) is 14.5 Å². The predicted octanol–water partition coefficient (Wildman–Crippen LogP) is 6.98. The van der Waals surface area contributed by atoms with Crippen molar-refractivity contribution in [1.29, 1.82) is 0 Å². The van der Waals surface area contributed by atoms with Gasteiger partial charge in [-0.2, -0.15) is 0 Å². The number of carbonyl (C=O) groups is 1. The zero-order valence-electron chi connectivity index (χ0n) is 23.1. The summed E-state index contributed by atoms with van der Waals surface area (Å²) in [4.78, 5) is 17.0. The fourth-order valence-electron chi connectivity index (χ4n) is 5.14. The van der Waals surface area contributed by atoms with Gasteiger partial charge in [-0.1, -0.05) is 50.5 Å². The first kappa shape index (κ1) is 27.7. The van der Waals surface area contributed by atoms with E-state index < -0.39 is 0 Å². The number of fused-ring (bicyclic) bond motifs is 2. The molecule has 1 aliphatic carbocycles. The molecule has 38 heavy (non-hydrogen) atoms. The lowest BCUT2D eigenvalue weighted by atomic mass is 9.92. The molecule has 3 aromatic rings. The molecule has 204 valence electrons. The van der Waals surface area contributed by atoms with Gasteiger partial charge in [-0.3, -0.25) is 9.78 Å². The first-order valence-electron chi connectivity index (χ1n) is 14.4. The summed E-state index contributed by atoms with van der Waals surface area (Å²) in [6.45, 7) is 4.20. The Labute approximate surface area is 227 Å². The zero-order chi connectivity index (χ0) is 26.6. The summed E-state index contributed by atoms with van der Waals surface area (Å²) in [5.74, 6) is 1.55. The van der Waals surface area contributed by atoms with Crippen molar-refractivity contribution in [3.8, 4) is 11.5 Å². The van der Waals surface area contributed by atoms with Gasteiger partial charge in [-0.25, -0.2) is 0 Å². The molecule has 1 aliphatic rings. The van der Waals surface area contributed by atoms with Crippen LogP contribution in [0.5, 0.6) is 11.5 Å². The Bertz CT molecular complexity index is 1190. The number of carbonyl (C=O) groups excluding carboxylic acids is 1. The molecular weight excluding hydrogens is 474 g/mol. The van der Waals surface area contributed by atoms with Crippen LogP contribution < -0.4 is 20.1 Å². The normalized spacial score (nSPS) is 12.7. The van der Waals surface area contributed by atoms with Crippen LogP contribution in [0.15, 0.2) is 42.5 Å². The van der Waals surface area contributed by atoms with Crippen LogP contribution in [0.25, 0.3) is 10.9 Å². The number of nitrogens with one attached hydrogen (secondary N) is 2. The van der Waals surface area contributed by atoms with Crippen LogP contribution in [0, 0.1) is 0 Å². The largest absolute Gasteiger partial charge is 0.493 e. The number of anilines is 1. The lowest BCUT2D eigenvalue weighted by Gasteiger charge is -2.21. The quantitative estimate of drug-likeness (QED) is 0.213. The SMILES string of the molecule is CCCCCCC(=O)NCc1ccc(OCCCCNc2c3c(nc4ccccc24)CCCC3)c(OC)c1. The van der Waals surface area contributed by atoms with E-state index in [2.05, 4.69) is 41.8 Å². The molecule has 0 radical (unpaired) electrons. The van der Waals surface area contributed by atoms with Crippen molar-refractivity contribution in [2.75, 3.05) is 25.6 Å². The molecule has 0 saturated heterocycles. The van der Waals surface area contributed by atoms with Crippen LogP contribution in [-0.4, -0.2) is 31.2 Å². The number of ether oxygens (including phenoxy) is 2. The van der Waals surface area contributed by atoms with Gasteiger partial charge in [0, 0.05) is 36.3 Å². The molecule has 0 spiro atoms. The number of amides is 1. The van der Waals surface area contributed by atoms with Crippen molar-refractivity contribution in [1.82, 2.24) is 10.3 Å². The number of aryl methyl sites for hydroxylation is 1. The summed E-state index contributed by atoms with van der Waals surface area (Å²) in [5, 5.41) is 7.97. The fraction of sp³-hybridized carbons (Fsp3) is 0.500. The maximum Gasteiger partial charge on any atom is 0.220 e. The summed E-state index contributed by atoms with van der Waals surface area (Å²) in [7, 11) is 1.65. The molecule has 0 fully saturated rings. The Morgan fingerprint density at radius 2 is 1.84 bits per heavy atom. The second-order valence-corrected chi connectivity index (χ2v) is 10.2. The number of pyridine rings is 1. The van der Waals surface area contributed by atoms with Gasteiger partial charge in [0.25, 0.3) is 0 Å². The van der Waals surface area contributed by atoms with Gasteiger partial charge in [0.2, 0.25) is 5.91 Å². The van der Waals surface area contributed by atoms with Crippen LogP contribution >= 0.6 is 0 Å². The van der Waals surface area contributed by atoms with E-state index in [1.54, 1.807) is 7.11 Å². The van der Waals surface area contributed by atoms with Gasteiger partial charge >= 0.3 is 0 Å². The van der Waals surface area contributed by atoms with E-state index in [1.807, 2.05) is 18.2 Å². The highest BCUT2D eigenvalue weighted by Crippen LogP contribution is 2.33. The van der Waals surface area contributed by atoms with E-state index >= 15 is 0 Å². The molecule has 0 bridgehead atoms. The first-order valence-corrected chi connectivity index (χ1v) is 14.4. The summed E-state index contributed by atoms with van der Waals surface area (Å²) < 4.78 is 11.6. The summed E-state index contributed by atoms with van der Waals surface area (Å²) in [5.41, 5.74) is 6.04. The lowest BCUT2D eigenvalue weighted by Crippen LogP contribution is -2.22. The second-order valence-electron chi connectivity index (χ2n) is 10.2. The maximum absolute atomic E-state index is 12.1. The van der Waals surface area contributed by atoms with E-state index in [9.17, 15) is 4.79 Å². The average Bonchev–Trinajstić information content (AvgIpc) is 2.95. The molecular formula is C32H43N3O3. The predicted molar refractivity (Wildman–Crippen MR) is 155 cm³/mol. The highest BCUT2D eigenvalue weighted by atomic mass is 16.5. The van der Waals surface area contributed by atoms with E-state index in [0.717, 1.165) is 61.9 Å². The number of aromatic nitrogens is 1. The van der Waals surface area contributed by atoms with Gasteiger partial charge in [-0.05, 0) is 74.3 Å². The molecule has 1 amide bonds. The van der Waals surface area contributed by atoms with Crippen molar-refractivity contribution in [2.24, 2.45) is 0 Å². The van der Waals surface area contributed by atoms with E-state index in [0.29, 0.717) is 25.3 Å². The molecule has 0 saturated carbocycles. The minimum atomic E-state index is 0.106. The third-order valence-corrected chi connectivity index (χ3v) is 7.27. The summed E-state index contributed by atoms with van der Waals surface area (Å²) in [6.07, 6.45) is 11.6. The number of rotatable bonds is 15. The van der Waals surface area contributed by atoms with Crippen LogP contribution in [-0.2, 0) is 24.2 Å². The Morgan fingerprint density at radius 3 is 2.71 bits per heavy atom. The highest BCUT2D eigenvalue weighted by Gasteiger charge is 2.17. The number of methoxy groups -OCH3 is 1. The van der Waals surface area contributed by atoms with Crippen LogP contribution in [0.4, 0.5) is 5.69 Å². The minimum absolute atomic E-state index is 0.106. The third-order valence-electron chi connectivity index (χ3n) is 7.27. The molecule has 0 aliphatic heterocycles. The first-order chi connectivity index (χ1) is 18.7. The molecule has 4 rings (SSSR count). The number of hydrogen-bond donors (Lipinski definition) is 2. The van der Waals surface area contributed by atoms with Gasteiger partial charge in [-0.15, -0.1) is 0 Å². The summed E-state index contributed by atoms with van der Waals surface area (Å²) in [6, 6.07) is 14.3. The second kappa shape index (κ2) is 14.6. The highest BCUT2D eigenvalue weighted by molar-refractivity contribution is 5.93. The van der Waals surface area contributed by atoms with Crippen molar-refractivity contribution in [2.45, 2.75) is 84.1 Å². The Kier molecular flexibility index (Phi) is 10.7. The number of unbranched alkanes of at least 4 members (excludes halogenated alkanes) is 4. The zero-order valence-corrected chi connectivity index (χ0v) is 23.1. The average molecular weight is 518 g/mol. The van der Waals surface area contributed by atoms with E-state index in [-0.39, 0.29) is 5.91 Å². The van der Waals surface area contributed by atoms with Crippen molar-refractivity contribution >= 4 is 22.5 Å². The minimum Gasteiger partial charge on any atom is -0.493 e. The van der Waals surface area contributed by atoms with Crippen molar-refractivity contribution in [3.63, 3.8) is 0 Å². The molecule has 1 heterocycles. The Balaban J connectivity index is 1.22. The monoisotopic (exact) mass is 517 g/mol. The van der Waals surface area contributed by atoms with Crippen LogP contribution in [0.2, 0.25) is 0 Å². The topological polar surface area (TPSA) is 72.5 Å². The smallest absolute Gasteiger partial charge is 0.220 e. The standard InChI is InChI=1S/C32H43N3O3/c1-3-4-5-6-17-31(36)34-23-24-18-19-29(30(22-24)37-2)38-21-12-11-20-33-32-25-13-7-9-15-27(25)35-28-16-10-8-14-26(28)32/h7,9,13,15,18-19,22H,3-6,8,10-12,14,16-17,20-21,23H2,1-2H3,(H,33,35)(H,34,36). The molecule has 1 aromatic heterocycles. The number of benzene rings is 2. The molecule has 6 nitrogen and oxygen atoms in total. The third kappa shape index (κ3) is 7.62. The molecule has 0 atom stereocenters.